The van der Waals surface area contributed by atoms with Crippen molar-refractivity contribution in [1.29, 1.82) is 0 Å². The van der Waals surface area contributed by atoms with Crippen LogP contribution >= 0.6 is 15.9 Å². The van der Waals surface area contributed by atoms with E-state index < -0.39 is 10.8 Å². The number of furan rings is 1. The summed E-state index contributed by atoms with van der Waals surface area (Å²) in [5, 5.41) is 2.73. The molecule has 1 aromatic heterocycles. The first-order valence-electron chi connectivity index (χ1n) is 4.34. The first kappa shape index (κ1) is 12.4. The van der Waals surface area contributed by atoms with Crippen molar-refractivity contribution in [3.63, 3.8) is 0 Å². The van der Waals surface area contributed by atoms with Gasteiger partial charge in [-0.3, -0.25) is 9.00 Å². The van der Waals surface area contributed by atoms with E-state index >= 15 is 0 Å². The molecule has 2 unspecified atom stereocenters. The van der Waals surface area contributed by atoms with E-state index in [1.165, 1.54) is 6.26 Å². The third-order valence-electron chi connectivity index (χ3n) is 1.72. The lowest BCUT2D eigenvalue weighted by Gasteiger charge is -2.11. The summed E-state index contributed by atoms with van der Waals surface area (Å²) in [6, 6.07) is 1.46. The van der Waals surface area contributed by atoms with Gasteiger partial charge in [0.2, 0.25) is 0 Å². The number of nitrogens with one attached hydrogen (secondary N) is 1. The fraction of sp³-hybridized carbons (Fsp3) is 0.444. The molecule has 0 saturated carbocycles. The Balaban J connectivity index is 2.56. The molecule has 84 valence electrons. The van der Waals surface area contributed by atoms with E-state index in [0.717, 1.165) is 0 Å². The Bertz CT molecular complexity index is 377. The molecule has 2 atom stereocenters. The molecule has 0 aliphatic rings. The molecule has 0 aliphatic carbocycles. The molecule has 15 heavy (non-hydrogen) atoms. The molecule has 1 heterocycles. The summed E-state index contributed by atoms with van der Waals surface area (Å²) in [5.41, 5.74) is 0.448. The Labute approximate surface area is 99.0 Å². The number of amides is 1. The van der Waals surface area contributed by atoms with E-state index in [9.17, 15) is 9.00 Å². The van der Waals surface area contributed by atoms with Gasteiger partial charge in [0.15, 0.2) is 4.67 Å². The van der Waals surface area contributed by atoms with Gasteiger partial charge in [0, 0.05) is 28.9 Å². The van der Waals surface area contributed by atoms with Gasteiger partial charge in [-0.05, 0) is 28.9 Å². The Hall–Kier alpha value is -0.620. The first-order chi connectivity index (χ1) is 7.00. The van der Waals surface area contributed by atoms with Crippen LogP contribution in [-0.4, -0.2) is 28.2 Å². The molecule has 6 heteroatoms. The number of rotatable bonds is 4. The standard InChI is InChI=1S/C9H12BrNO3S/c1-6(5-15(2)13)11-9(12)7-3-4-14-8(7)10/h3-4,6H,5H2,1-2H3,(H,11,12). The highest BCUT2D eigenvalue weighted by atomic mass is 79.9. The molecule has 0 aromatic carbocycles. The largest absolute Gasteiger partial charge is 0.457 e. The van der Waals surface area contributed by atoms with Crippen molar-refractivity contribution in [2.24, 2.45) is 0 Å². The normalized spacial score (nSPS) is 14.6. The maximum absolute atomic E-state index is 11.6. The van der Waals surface area contributed by atoms with E-state index in [1.54, 1.807) is 12.3 Å². The van der Waals surface area contributed by atoms with Crippen molar-refractivity contribution >= 4 is 32.6 Å². The third kappa shape index (κ3) is 3.79. The van der Waals surface area contributed by atoms with Crippen LogP contribution in [-0.2, 0) is 10.8 Å². The van der Waals surface area contributed by atoms with Crippen LogP contribution in [0.5, 0.6) is 0 Å². The third-order valence-corrected chi connectivity index (χ3v) is 3.31. The van der Waals surface area contributed by atoms with E-state index in [-0.39, 0.29) is 11.9 Å². The van der Waals surface area contributed by atoms with Gasteiger partial charge < -0.3 is 9.73 Å². The van der Waals surface area contributed by atoms with Crippen molar-refractivity contribution in [3.05, 3.63) is 22.6 Å². The fourth-order valence-corrected chi connectivity index (χ4v) is 2.36. The van der Waals surface area contributed by atoms with Crippen molar-refractivity contribution in [1.82, 2.24) is 5.32 Å². The summed E-state index contributed by atoms with van der Waals surface area (Å²) in [7, 11) is -0.914. The molecule has 1 rings (SSSR count). The zero-order valence-electron chi connectivity index (χ0n) is 8.45. The zero-order chi connectivity index (χ0) is 11.4. The Morgan fingerprint density at radius 1 is 1.73 bits per heavy atom. The highest BCUT2D eigenvalue weighted by molar-refractivity contribution is 9.10. The smallest absolute Gasteiger partial charge is 0.255 e. The van der Waals surface area contributed by atoms with Crippen LogP contribution in [0.4, 0.5) is 0 Å². The maximum Gasteiger partial charge on any atom is 0.255 e. The minimum Gasteiger partial charge on any atom is -0.457 e. The first-order valence-corrected chi connectivity index (χ1v) is 6.86. The second kappa shape index (κ2) is 5.46. The van der Waals surface area contributed by atoms with Crippen molar-refractivity contribution in [3.8, 4) is 0 Å². The number of halogens is 1. The van der Waals surface area contributed by atoms with Gasteiger partial charge in [0.05, 0.1) is 11.8 Å². The van der Waals surface area contributed by atoms with E-state index in [1.807, 2.05) is 6.92 Å². The molecule has 0 saturated heterocycles. The highest BCUT2D eigenvalue weighted by Gasteiger charge is 2.15. The van der Waals surface area contributed by atoms with Gasteiger partial charge in [-0.2, -0.15) is 0 Å². The molecule has 4 nitrogen and oxygen atoms in total. The zero-order valence-corrected chi connectivity index (χ0v) is 10.9. The van der Waals surface area contributed by atoms with Crippen molar-refractivity contribution in [2.45, 2.75) is 13.0 Å². The molecule has 1 N–H and O–H groups in total. The lowest BCUT2D eigenvalue weighted by Crippen LogP contribution is -2.36. The minimum atomic E-state index is -0.914. The summed E-state index contributed by atoms with van der Waals surface area (Å²) < 4.78 is 16.3. The summed E-state index contributed by atoms with van der Waals surface area (Å²) in [5.74, 6) is 0.217. The van der Waals surface area contributed by atoms with Gasteiger partial charge in [-0.15, -0.1) is 0 Å². The van der Waals surface area contributed by atoms with Crippen LogP contribution < -0.4 is 5.32 Å². The van der Waals surface area contributed by atoms with E-state index in [2.05, 4.69) is 21.2 Å². The van der Waals surface area contributed by atoms with E-state index in [0.29, 0.717) is 16.0 Å². The second-order valence-corrected chi connectivity index (χ2v) is 5.42. The summed E-state index contributed by atoms with van der Waals surface area (Å²) >= 11 is 3.12. The topological polar surface area (TPSA) is 59.3 Å². The molecule has 1 aromatic rings. The number of carbonyl (C=O) groups excluding carboxylic acids is 1. The average Bonchev–Trinajstić information content (AvgIpc) is 2.49. The van der Waals surface area contributed by atoms with Gasteiger partial charge >= 0.3 is 0 Å². The van der Waals surface area contributed by atoms with Gasteiger partial charge in [0.25, 0.3) is 5.91 Å². The van der Waals surface area contributed by atoms with Crippen LogP contribution in [0.15, 0.2) is 21.4 Å². The van der Waals surface area contributed by atoms with Crippen molar-refractivity contribution in [2.75, 3.05) is 12.0 Å². The molecule has 0 bridgehead atoms. The van der Waals surface area contributed by atoms with Crippen LogP contribution in [0.3, 0.4) is 0 Å². The number of carbonyl (C=O) groups is 1. The number of hydrogen-bond acceptors (Lipinski definition) is 3. The fourth-order valence-electron chi connectivity index (χ4n) is 1.15. The molecular formula is C9H12BrNO3S. The summed E-state index contributed by atoms with van der Waals surface area (Å²) in [6.07, 6.45) is 3.04. The van der Waals surface area contributed by atoms with Crippen LogP contribution in [0.25, 0.3) is 0 Å². The minimum absolute atomic E-state index is 0.120. The average molecular weight is 294 g/mol. The molecule has 0 fully saturated rings. The maximum atomic E-state index is 11.6. The predicted octanol–water partition coefficient (Wildman–Crippen LogP) is 1.54. The van der Waals surface area contributed by atoms with Crippen molar-refractivity contribution < 1.29 is 13.4 Å². The second-order valence-electron chi connectivity index (χ2n) is 3.22. The lowest BCUT2D eigenvalue weighted by atomic mass is 10.3. The van der Waals surface area contributed by atoms with Crippen LogP contribution in [0.2, 0.25) is 0 Å². The van der Waals surface area contributed by atoms with Gasteiger partial charge in [-0.25, -0.2) is 0 Å². The van der Waals surface area contributed by atoms with Crippen LogP contribution in [0.1, 0.15) is 17.3 Å². The Kier molecular flexibility index (Phi) is 4.53. The SMILES string of the molecule is CC(CS(C)=O)NC(=O)c1ccoc1Br. The van der Waals surface area contributed by atoms with Gasteiger partial charge in [-0.1, -0.05) is 0 Å². The Morgan fingerprint density at radius 3 is 2.87 bits per heavy atom. The molecule has 0 radical (unpaired) electrons. The molecule has 1 amide bonds. The molecule has 0 spiro atoms. The highest BCUT2D eigenvalue weighted by Crippen LogP contribution is 2.17. The summed E-state index contributed by atoms with van der Waals surface area (Å²) in [6.45, 7) is 1.81. The predicted molar refractivity (Wildman–Crippen MR) is 62.3 cm³/mol. The Morgan fingerprint density at radius 2 is 2.40 bits per heavy atom. The molecular weight excluding hydrogens is 282 g/mol. The molecule has 0 aliphatic heterocycles. The van der Waals surface area contributed by atoms with Crippen LogP contribution in [0, 0.1) is 0 Å². The quantitative estimate of drug-likeness (QED) is 0.916. The monoisotopic (exact) mass is 293 g/mol. The number of hydrogen-bond donors (Lipinski definition) is 1. The van der Waals surface area contributed by atoms with E-state index in [4.69, 9.17) is 4.42 Å². The lowest BCUT2D eigenvalue weighted by molar-refractivity contribution is 0.0942. The van der Waals surface area contributed by atoms with Gasteiger partial charge in [0.1, 0.15) is 0 Å². The summed E-state index contributed by atoms with van der Waals surface area (Å²) in [4.78, 5) is 11.6.